The molecule has 6 rings (SSSR count). The number of rotatable bonds is 10. The zero-order valence-corrected chi connectivity index (χ0v) is 27.2. The molecule has 0 aromatic heterocycles. The number of carbonyl (C=O) groups is 1. The van der Waals surface area contributed by atoms with Crippen LogP contribution in [0.5, 0.6) is 0 Å². The van der Waals surface area contributed by atoms with Crippen LogP contribution >= 0.6 is 46.4 Å². The summed E-state index contributed by atoms with van der Waals surface area (Å²) in [5.74, 6) is 0.0906. The van der Waals surface area contributed by atoms with Gasteiger partial charge in [0.15, 0.2) is 0 Å². The number of amides is 1. The first-order valence-corrected chi connectivity index (χ1v) is 16.5. The summed E-state index contributed by atoms with van der Waals surface area (Å²) in [5, 5.41) is 9.70. The van der Waals surface area contributed by atoms with Crippen molar-refractivity contribution in [3.8, 4) is 0 Å². The van der Waals surface area contributed by atoms with Crippen molar-refractivity contribution in [1.29, 1.82) is 0 Å². The average molecular weight is 659 g/mol. The lowest BCUT2D eigenvalue weighted by atomic mass is 9.83. The van der Waals surface area contributed by atoms with Gasteiger partial charge in [-0.2, -0.15) is 0 Å². The SMILES string of the molecule is CCN(Cc1ccc(C2=C(C(=O)N(Cc3cccc(Cl)c3Cl)C3CC3)[C@H]3CNC[C@H](C2)N3)cc1)Cc1cc(Cl)ccc1Cl. The van der Waals surface area contributed by atoms with E-state index in [4.69, 9.17) is 46.4 Å². The molecule has 2 bridgehead atoms. The molecule has 2 N–H and O–H groups in total. The normalized spacial score (nSPS) is 20.0. The van der Waals surface area contributed by atoms with Gasteiger partial charge in [0.2, 0.25) is 0 Å². The van der Waals surface area contributed by atoms with Crippen molar-refractivity contribution >= 4 is 57.9 Å². The topological polar surface area (TPSA) is 47.6 Å². The largest absolute Gasteiger partial charge is 0.331 e. The summed E-state index contributed by atoms with van der Waals surface area (Å²) in [6.45, 7) is 6.61. The summed E-state index contributed by atoms with van der Waals surface area (Å²) >= 11 is 25.6. The first-order valence-electron chi connectivity index (χ1n) is 15.0. The van der Waals surface area contributed by atoms with Gasteiger partial charge in [0.1, 0.15) is 0 Å². The van der Waals surface area contributed by atoms with Gasteiger partial charge in [0.05, 0.1) is 16.1 Å². The molecule has 2 aliphatic heterocycles. The minimum atomic E-state index is -0.0382. The molecular formula is C34H36Cl4N4O. The van der Waals surface area contributed by atoms with Gasteiger partial charge >= 0.3 is 0 Å². The molecule has 0 radical (unpaired) electrons. The first-order chi connectivity index (χ1) is 20.8. The van der Waals surface area contributed by atoms with Gasteiger partial charge in [-0.25, -0.2) is 0 Å². The Balaban J connectivity index is 1.27. The standard InChI is InChI=1S/C34H36Cl4N4O/c1-2-41(19-24-14-25(35)10-13-29(24)36)18-21-6-8-22(9-7-21)28-15-26-16-39-17-31(40-26)32(28)34(43)42(27-11-12-27)20-23-4-3-5-30(37)33(23)38/h3-10,13-14,26-27,31,39-40H,2,11-12,15-20H2,1H3/t26-,31+/m0/s1. The van der Waals surface area contributed by atoms with E-state index in [1.807, 2.05) is 35.2 Å². The predicted molar refractivity (Wildman–Crippen MR) is 178 cm³/mol. The van der Waals surface area contributed by atoms with Gasteiger partial charge < -0.3 is 15.5 Å². The quantitative estimate of drug-likeness (QED) is 0.236. The molecule has 3 aliphatic rings. The van der Waals surface area contributed by atoms with E-state index in [-0.39, 0.29) is 18.0 Å². The fourth-order valence-corrected chi connectivity index (χ4v) is 7.01. The average Bonchev–Trinajstić information content (AvgIpc) is 3.85. The number of nitrogens with one attached hydrogen (secondary N) is 2. The maximum atomic E-state index is 14.4. The van der Waals surface area contributed by atoms with E-state index in [0.717, 1.165) is 84.8 Å². The number of benzene rings is 3. The number of piperazine rings is 1. The van der Waals surface area contributed by atoms with Crippen LogP contribution in [0.15, 0.2) is 66.2 Å². The molecule has 2 atom stereocenters. The Bertz CT molecular complexity index is 1520. The minimum Gasteiger partial charge on any atom is -0.331 e. The summed E-state index contributed by atoms with van der Waals surface area (Å²) in [6, 6.07) is 20.5. The molecule has 0 spiro atoms. The Morgan fingerprint density at radius 3 is 2.42 bits per heavy atom. The highest BCUT2D eigenvalue weighted by Crippen LogP contribution is 2.37. The van der Waals surface area contributed by atoms with E-state index in [1.165, 1.54) is 5.56 Å². The molecule has 226 valence electrons. The predicted octanol–water partition coefficient (Wildman–Crippen LogP) is 7.60. The molecule has 2 fully saturated rings. The van der Waals surface area contributed by atoms with E-state index in [2.05, 4.69) is 46.7 Å². The van der Waals surface area contributed by atoms with Crippen LogP contribution in [0.25, 0.3) is 5.57 Å². The van der Waals surface area contributed by atoms with E-state index < -0.39 is 0 Å². The monoisotopic (exact) mass is 656 g/mol. The number of hydrogen-bond acceptors (Lipinski definition) is 4. The van der Waals surface area contributed by atoms with Crippen LogP contribution in [-0.4, -0.2) is 53.5 Å². The summed E-state index contributed by atoms with van der Waals surface area (Å²) < 4.78 is 0. The third-order valence-corrected chi connectivity index (χ3v) is 10.2. The molecule has 1 saturated carbocycles. The first kappa shape index (κ1) is 30.9. The summed E-state index contributed by atoms with van der Waals surface area (Å²) in [4.78, 5) is 18.8. The van der Waals surface area contributed by atoms with Crippen LogP contribution in [-0.2, 0) is 24.4 Å². The van der Waals surface area contributed by atoms with Crippen molar-refractivity contribution < 1.29 is 4.79 Å². The third kappa shape index (κ3) is 7.10. The van der Waals surface area contributed by atoms with Crippen LogP contribution in [0, 0.1) is 0 Å². The van der Waals surface area contributed by atoms with Crippen LogP contribution in [0.4, 0.5) is 0 Å². The van der Waals surface area contributed by atoms with Crippen molar-refractivity contribution in [2.24, 2.45) is 0 Å². The maximum absolute atomic E-state index is 14.4. The summed E-state index contributed by atoms with van der Waals surface area (Å²) in [7, 11) is 0. The number of carbonyl (C=O) groups excluding carboxylic acids is 1. The molecule has 2 heterocycles. The van der Waals surface area contributed by atoms with Crippen LogP contribution in [0.2, 0.25) is 20.1 Å². The lowest BCUT2D eigenvalue weighted by Gasteiger charge is -2.41. The molecule has 0 unspecified atom stereocenters. The van der Waals surface area contributed by atoms with E-state index in [9.17, 15) is 4.79 Å². The molecule has 1 amide bonds. The molecule has 1 saturated heterocycles. The van der Waals surface area contributed by atoms with E-state index in [1.54, 1.807) is 6.07 Å². The smallest absolute Gasteiger partial charge is 0.252 e. The van der Waals surface area contributed by atoms with Gasteiger partial charge in [-0.3, -0.25) is 9.69 Å². The fourth-order valence-electron chi connectivity index (χ4n) is 6.26. The van der Waals surface area contributed by atoms with Crippen LogP contribution in [0.3, 0.4) is 0 Å². The Hall–Kier alpha value is -2.09. The highest BCUT2D eigenvalue weighted by molar-refractivity contribution is 6.42. The van der Waals surface area contributed by atoms with Crippen molar-refractivity contribution in [3.63, 3.8) is 0 Å². The fraction of sp³-hybridized carbons (Fsp3) is 0.382. The highest BCUT2D eigenvalue weighted by Gasteiger charge is 2.41. The minimum absolute atomic E-state index is 0.0382. The summed E-state index contributed by atoms with van der Waals surface area (Å²) in [6.07, 6.45) is 2.82. The second-order valence-corrected chi connectivity index (χ2v) is 13.4. The zero-order chi connectivity index (χ0) is 30.1. The van der Waals surface area contributed by atoms with Crippen LogP contribution < -0.4 is 10.6 Å². The Labute approximate surface area is 274 Å². The number of fused-ring (bicyclic) bond motifs is 2. The van der Waals surface area contributed by atoms with Gasteiger partial charge in [-0.05, 0) is 77.9 Å². The molecule has 5 nitrogen and oxygen atoms in total. The van der Waals surface area contributed by atoms with Crippen molar-refractivity contribution in [2.45, 2.75) is 63.9 Å². The number of halogens is 4. The molecule has 3 aromatic carbocycles. The van der Waals surface area contributed by atoms with Gasteiger partial charge in [-0.1, -0.05) is 89.7 Å². The molecule has 9 heteroatoms. The lowest BCUT2D eigenvalue weighted by Crippen LogP contribution is -2.60. The second kappa shape index (κ2) is 13.5. The Morgan fingerprint density at radius 1 is 0.884 bits per heavy atom. The van der Waals surface area contributed by atoms with Crippen molar-refractivity contribution in [2.75, 3.05) is 19.6 Å². The van der Waals surface area contributed by atoms with Gasteiger partial charge in [0, 0.05) is 60.4 Å². The molecular weight excluding hydrogens is 622 g/mol. The van der Waals surface area contributed by atoms with Gasteiger partial charge in [-0.15, -0.1) is 0 Å². The maximum Gasteiger partial charge on any atom is 0.252 e. The lowest BCUT2D eigenvalue weighted by molar-refractivity contribution is -0.128. The van der Waals surface area contributed by atoms with Crippen molar-refractivity contribution in [3.05, 3.63) is 109 Å². The Kier molecular flexibility index (Phi) is 9.70. The molecule has 3 aromatic rings. The molecule has 1 aliphatic carbocycles. The Morgan fingerprint density at radius 2 is 1.67 bits per heavy atom. The highest BCUT2D eigenvalue weighted by atomic mass is 35.5. The molecule has 43 heavy (non-hydrogen) atoms. The zero-order valence-electron chi connectivity index (χ0n) is 24.2. The number of nitrogens with zero attached hydrogens (tertiary/aromatic N) is 2. The summed E-state index contributed by atoms with van der Waals surface area (Å²) in [5.41, 5.74) is 6.24. The third-order valence-electron chi connectivity index (χ3n) is 8.71. The second-order valence-electron chi connectivity index (χ2n) is 11.8. The van der Waals surface area contributed by atoms with E-state index >= 15 is 0 Å². The van der Waals surface area contributed by atoms with Crippen molar-refractivity contribution in [1.82, 2.24) is 20.4 Å². The van der Waals surface area contributed by atoms with Gasteiger partial charge in [0.25, 0.3) is 5.91 Å². The van der Waals surface area contributed by atoms with E-state index in [0.29, 0.717) is 27.7 Å². The number of hydrogen-bond donors (Lipinski definition) is 2. The van der Waals surface area contributed by atoms with Crippen LogP contribution in [0.1, 0.15) is 48.4 Å².